The van der Waals surface area contributed by atoms with Crippen molar-refractivity contribution in [3.8, 4) is 0 Å². The molecule has 140 valence electrons. The molecule has 0 fully saturated rings. The molecule has 0 unspecified atom stereocenters. The first-order chi connectivity index (χ1) is 11.6. The third-order valence-electron chi connectivity index (χ3n) is 2.91. The highest BCUT2D eigenvalue weighted by molar-refractivity contribution is 5.72. The van der Waals surface area contributed by atoms with Crippen LogP contribution < -0.4 is 0 Å². The zero-order valence-electron chi connectivity index (χ0n) is 12.7. The topological polar surface area (TPSA) is 52.6 Å². The Labute approximate surface area is 138 Å². The van der Waals surface area contributed by atoms with E-state index in [0.29, 0.717) is 6.07 Å². The van der Waals surface area contributed by atoms with E-state index in [9.17, 15) is 35.9 Å². The van der Waals surface area contributed by atoms with Crippen LogP contribution in [0.25, 0.3) is 0 Å². The molecule has 1 aromatic rings. The Morgan fingerprint density at radius 2 is 1.64 bits per heavy atom. The highest BCUT2D eigenvalue weighted by Crippen LogP contribution is 2.23. The van der Waals surface area contributed by atoms with Crippen molar-refractivity contribution in [3.05, 3.63) is 35.4 Å². The molecule has 0 N–H and O–H groups in total. The summed E-state index contributed by atoms with van der Waals surface area (Å²) in [6, 6.07) is 2.70. The largest absolute Gasteiger partial charge is 0.461 e. The van der Waals surface area contributed by atoms with Crippen molar-refractivity contribution in [2.45, 2.75) is 38.2 Å². The monoisotopic (exact) mass is 372 g/mol. The second-order valence-corrected chi connectivity index (χ2v) is 4.97. The van der Waals surface area contributed by atoms with E-state index in [1.54, 1.807) is 0 Å². The molecule has 0 amide bonds. The third kappa shape index (κ3) is 7.44. The summed E-state index contributed by atoms with van der Waals surface area (Å²) < 4.78 is 83.4. The molecule has 25 heavy (non-hydrogen) atoms. The van der Waals surface area contributed by atoms with Crippen LogP contribution in [-0.2, 0) is 25.7 Å². The fourth-order valence-corrected chi connectivity index (χ4v) is 1.56. The molecule has 0 aliphatic heterocycles. The third-order valence-corrected chi connectivity index (χ3v) is 2.91. The lowest BCUT2D eigenvalue weighted by Gasteiger charge is -2.14. The Morgan fingerprint density at radius 1 is 1.04 bits per heavy atom. The summed E-state index contributed by atoms with van der Waals surface area (Å²) in [5.74, 6) is -8.10. The summed E-state index contributed by atoms with van der Waals surface area (Å²) in [4.78, 5) is 22.5. The minimum Gasteiger partial charge on any atom is -0.461 e. The van der Waals surface area contributed by atoms with Gasteiger partial charge in [0.2, 0.25) is 0 Å². The van der Waals surface area contributed by atoms with Gasteiger partial charge in [0.15, 0.2) is 6.61 Å². The zero-order chi connectivity index (χ0) is 19.0. The maximum absolute atomic E-state index is 13.3. The van der Waals surface area contributed by atoms with Gasteiger partial charge in [-0.05, 0) is 18.6 Å². The van der Waals surface area contributed by atoms with Crippen molar-refractivity contribution < 1.29 is 45.4 Å². The lowest BCUT2D eigenvalue weighted by atomic mass is 10.2. The summed E-state index contributed by atoms with van der Waals surface area (Å²) >= 11 is 0. The second kappa shape index (κ2) is 9.28. The van der Waals surface area contributed by atoms with Crippen LogP contribution in [-0.4, -0.2) is 30.9 Å². The van der Waals surface area contributed by atoms with Gasteiger partial charge in [-0.25, -0.2) is 17.6 Å². The molecule has 0 atom stereocenters. The van der Waals surface area contributed by atoms with Gasteiger partial charge in [0, 0.05) is 24.5 Å². The van der Waals surface area contributed by atoms with E-state index in [4.69, 9.17) is 4.74 Å². The number of benzene rings is 1. The summed E-state index contributed by atoms with van der Waals surface area (Å²) in [5, 5.41) is 0. The van der Waals surface area contributed by atoms with Gasteiger partial charge in [0.05, 0.1) is 0 Å². The van der Waals surface area contributed by atoms with Crippen molar-refractivity contribution in [3.63, 3.8) is 0 Å². The number of carbonyl (C=O) groups excluding carboxylic acids is 2. The van der Waals surface area contributed by atoms with Crippen molar-refractivity contribution in [1.29, 1.82) is 0 Å². The van der Waals surface area contributed by atoms with Gasteiger partial charge < -0.3 is 9.47 Å². The lowest BCUT2D eigenvalue weighted by molar-refractivity contribution is -0.179. The summed E-state index contributed by atoms with van der Waals surface area (Å²) in [7, 11) is 0. The average molecular weight is 372 g/mol. The normalized spacial score (nSPS) is 11.5. The van der Waals surface area contributed by atoms with Crippen molar-refractivity contribution >= 4 is 11.9 Å². The van der Waals surface area contributed by atoms with Crippen molar-refractivity contribution in [2.24, 2.45) is 0 Å². The smallest absolute Gasteiger partial charge is 0.340 e. The van der Waals surface area contributed by atoms with Crippen LogP contribution in [0, 0.1) is 11.6 Å². The van der Waals surface area contributed by atoms with Gasteiger partial charge >= 0.3 is 24.3 Å². The van der Waals surface area contributed by atoms with Gasteiger partial charge in [-0.15, -0.1) is 0 Å². The predicted molar refractivity (Wildman–Crippen MR) is 71.9 cm³/mol. The first kappa shape index (κ1) is 20.8. The standard InChI is InChI=1S/C15H14F6O4/c16-10-5-4-9(11(17)6-10)7-24-12(22)2-1-3-13(23)25-8-15(20,21)14(18)19/h4-6,14H,1-3,7-8H2. The highest BCUT2D eigenvalue weighted by Gasteiger charge is 2.42. The van der Waals surface area contributed by atoms with Crippen LogP contribution in [0.15, 0.2) is 18.2 Å². The maximum Gasteiger partial charge on any atom is 0.340 e. The van der Waals surface area contributed by atoms with E-state index < -0.39 is 55.6 Å². The maximum atomic E-state index is 13.3. The molecule has 0 saturated heterocycles. The van der Waals surface area contributed by atoms with Gasteiger partial charge in [-0.3, -0.25) is 9.59 Å². The molecule has 0 saturated carbocycles. The second-order valence-electron chi connectivity index (χ2n) is 4.97. The van der Waals surface area contributed by atoms with Crippen molar-refractivity contribution in [2.75, 3.05) is 6.61 Å². The Bertz CT molecular complexity index is 606. The average Bonchev–Trinajstić information content (AvgIpc) is 2.52. The van der Waals surface area contributed by atoms with Crippen LogP contribution in [0.3, 0.4) is 0 Å². The lowest BCUT2D eigenvalue weighted by Crippen LogP contribution is -2.33. The predicted octanol–water partition coefficient (Wildman–Crippen LogP) is 3.62. The first-order valence-corrected chi connectivity index (χ1v) is 7.03. The number of ether oxygens (including phenoxy) is 2. The number of halogens is 6. The molecule has 1 rings (SSSR count). The van der Waals surface area contributed by atoms with E-state index in [0.717, 1.165) is 12.1 Å². The minimum absolute atomic E-state index is 0.0524. The zero-order valence-corrected chi connectivity index (χ0v) is 12.7. The summed E-state index contributed by atoms with van der Waals surface area (Å²) in [5.41, 5.74) is -0.0524. The van der Waals surface area contributed by atoms with E-state index >= 15 is 0 Å². The van der Waals surface area contributed by atoms with Crippen LogP contribution in [0.2, 0.25) is 0 Å². The molecular weight excluding hydrogens is 358 g/mol. The number of alkyl halides is 4. The van der Waals surface area contributed by atoms with E-state index in [-0.39, 0.29) is 18.4 Å². The Morgan fingerprint density at radius 3 is 2.20 bits per heavy atom. The Balaban J connectivity index is 2.25. The highest BCUT2D eigenvalue weighted by atomic mass is 19.3. The Hall–Kier alpha value is -2.26. The fourth-order valence-electron chi connectivity index (χ4n) is 1.56. The minimum atomic E-state index is -4.44. The molecule has 10 heteroatoms. The Kier molecular flexibility index (Phi) is 7.72. The van der Waals surface area contributed by atoms with Crippen molar-refractivity contribution in [1.82, 2.24) is 0 Å². The number of carbonyl (C=O) groups is 2. The number of hydrogen-bond acceptors (Lipinski definition) is 4. The molecule has 0 heterocycles. The molecule has 0 radical (unpaired) electrons. The van der Waals surface area contributed by atoms with Gasteiger partial charge in [0.1, 0.15) is 18.2 Å². The molecule has 0 spiro atoms. The molecule has 4 nitrogen and oxygen atoms in total. The number of hydrogen-bond donors (Lipinski definition) is 0. The van der Waals surface area contributed by atoms with Gasteiger partial charge in [-0.1, -0.05) is 0 Å². The van der Waals surface area contributed by atoms with E-state index in [1.807, 2.05) is 0 Å². The summed E-state index contributed by atoms with van der Waals surface area (Å²) in [6.07, 6.45) is -4.85. The molecule has 0 aliphatic rings. The van der Waals surface area contributed by atoms with Crippen LogP contribution in [0.4, 0.5) is 26.3 Å². The SMILES string of the molecule is O=C(CCCC(=O)OCC(F)(F)C(F)F)OCc1ccc(F)cc1F. The quantitative estimate of drug-likeness (QED) is 0.491. The molecule has 1 aromatic carbocycles. The molecule has 0 aromatic heterocycles. The van der Waals surface area contributed by atoms with E-state index in [1.165, 1.54) is 0 Å². The molecule has 0 aliphatic carbocycles. The molecule has 0 bridgehead atoms. The van der Waals surface area contributed by atoms with E-state index in [2.05, 4.69) is 4.74 Å². The van der Waals surface area contributed by atoms with Gasteiger partial charge in [-0.2, -0.15) is 8.78 Å². The number of rotatable bonds is 9. The first-order valence-electron chi connectivity index (χ1n) is 7.03. The summed E-state index contributed by atoms with van der Waals surface area (Å²) in [6.45, 7) is -2.20. The van der Waals surface area contributed by atoms with Gasteiger partial charge in [0.25, 0.3) is 0 Å². The van der Waals surface area contributed by atoms with Crippen LogP contribution in [0.5, 0.6) is 0 Å². The fraction of sp³-hybridized carbons (Fsp3) is 0.467. The molecular formula is C15H14F6O4. The number of esters is 2. The van der Waals surface area contributed by atoms with Crippen LogP contribution >= 0.6 is 0 Å². The van der Waals surface area contributed by atoms with Crippen LogP contribution in [0.1, 0.15) is 24.8 Å².